The second-order valence-corrected chi connectivity index (χ2v) is 6.78. The third kappa shape index (κ3) is 3.98. The molecule has 1 N–H and O–H groups in total. The van der Waals surface area contributed by atoms with Crippen molar-refractivity contribution in [3.8, 4) is 0 Å². The first kappa shape index (κ1) is 14.4. The van der Waals surface area contributed by atoms with Gasteiger partial charge in [0.05, 0.1) is 0 Å². The molecule has 0 aliphatic heterocycles. The van der Waals surface area contributed by atoms with Crippen LogP contribution in [0, 0.1) is 17.8 Å². The van der Waals surface area contributed by atoms with Crippen LogP contribution in [0.4, 0.5) is 0 Å². The molecule has 1 heteroatoms. The van der Waals surface area contributed by atoms with Gasteiger partial charge in [0.1, 0.15) is 0 Å². The van der Waals surface area contributed by atoms with Crippen LogP contribution in [-0.2, 0) is 0 Å². The Hall–Kier alpha value is -0.0400. The Morgan fingerprint density at radius 3 is 2.39 bits per heavy atom. The Kier molecular flexibility index (Phi) is 6.01. The van der Waals surface area contributed by atoms with Crippen LogP contribution in [-0.4, -0.2) is 12.6 Å². The van der Waals surface area contributed by atoms with Gasteiger partial charge in [-0.2, -0.15) is 0 Å². The van der Waals surface area contributed by atoms with Crippen LogP contribution in [0.5, 0.6) is 0 Å². The first-order valence-electron chi connectivity index (χ1n) is 8.56. The Labute approximate surface area is 114 Å². The molecule has 2 aliphatic carbocycles. The lowest BCUT2D eigenvalue weighted by Crippen LogP contribution is -2.41. The first-order chi connectivity index (χ1) is 8.83. The summed E-state index contributed by atoms with van der Waals surface area (Å²) in [7, 11) is 0. The van der Waals surface area contributed by atoms with Gasteiger partial charge in [-0.05, 0) is 50.0 Å². The molecule has 1 nitrogen and oxygen atoms in total. The zero-order valence-electron chi connectivity index (χ0n) is 12.6. The molecule has 0 amide bonds. The topological polar surface area (TPSA) is 12.0 Å². The molecule has 0 aromatic rings. The Morgan fingerprint density at radius 2 is 1.72 bits per heavy atom. The monoisotopic (exact) mass is 251 g/mol. The summed E-state index contributed by atoms with van der Waals surface area (Å²) >= 11 is 0. The maximum Gasteiger partial charge on any atom is 0.00955 e. The van der Waals surface area contributed by atoms with E-state index >= 15 is 0 Å². The number of rotatable bonds is 6. The Morgan fingerprint density at radius 1 is 0.944 bits per heavy atom. The van der Waals surface area contributed by atoms with Gasteiger partial charge < -0.3 is 5.32 Å². The molecule has 3 unspecified atom stereocenters. The summed E-state index contributed by atoms with van der Waals surface area (Å²) in [5.74, 6) is 3.09. The second-order valence-electron chi connectivity index (χ2n) is 6.78. The fraction of sp³-hybridized carbons (Fsp3) is 1.00. The minimum Gasteiger partial charge on any atom is -0.314 e. The Bertz CT molecular complexity index is 220. The number of nitrogens with one attached hydrogen (secondary N) is 1. The van der Waals surface area contributed by atoms with Crippen molar-refractivity contribution in [2.75, 3.05) is 6.54 Å². The zero-order valence-corrected chi connectivity index (χ0v) is 12.6. The second kappa shape index (κ2) is 7.53. The fourth-order valence-electron chi connectivity index (χ4n) is 4.50. The molecule has 18 heavy (non-hydrogen) atoms. The van der Waals surface area contributed by atoms with Crippen LogP contribution in [0.15, 0.2) is 0 Å². The largest absolute Gasteiger partial charge is 0.314 e. The maximum absolute atomic E-state index is 3.77. The van der Waals surface area contributed by atoms with E-state index in [4.69, 9.17) is 0 Å². The molecule has 2 aliphatic rings. The van der Waals surface area contributed by atoms with Crippen molar-refractivity contribution >= 4 is 0 Å². The Balaban J connectivity index is 1.86. The predicted octanol–water partition coefficient (Wildman–Crippen LogP) is 4.76. The van der Waals surface area contributed by atoms with Crippen LogP contribution in [0.2, 0.25) is 0 Å². The van der Waals surface area contributed by atoms with E-state index in [1.165, 1.54) is 64.2 Å². The van der Waals surface area contributed by atoms with E-state index < -0.39 is 0 Å². The van der Waals surface area contributed by atoms with Crippen LogP contribution in [0.1, 0.15) is 78.1 Å². The van der Waals surface area contributed by atoms with Gasteiger partial charge in [-0.1, -0.05) is 52.4 Å². The molecular weight excluding hydrogens is 218 g/mol. The smallest absolute Gasteiger partial charge is 0.00955 e. The van der Waals surface area contributed by atoms with Gasteiger partial charge in [0.2, 0.25) is 0 Å². The SMILES string of the molecule is CCCC1CCC(NCC)C(CC2CCCC2)C1. The highest BCUT2D eigenvalue weighted by Crippen LogP contribution is 2.39. The highest BCUT2D eigenvalue weighted by molar-refractivity contribution is 4.86. The van der Waals surface area contributed by atoms with E-state index in [1.54, 1.807) is 0 Å². The third-order valence-electron chi connectivity index (χ3n) is 5.37. The summed E-state index contributed by atoms with van der Waals surface area (Å²) in [5.41, 5.74) is 0. The fourth-order valence-corrected chi connectivity index (χ4v) is 4.50. The first-order valence-corrected chi connectivity index (χ1v) is 8.56. The molecule has 0 aromatic heterocycles. The molecule has 0 heterocycles. The van der Waals surface area contributed by atoms with Gasteiger partial charge in [0.25, 0.3) is 0 Å². The number of hydrogen-bond acceptors (Lipinski definition) is 1. The van der Waals surface area contributed by atoms with Crippen molar-refractivity contribution in [2.24, 2.45) is 17.8 Å². The highest BCUT2D eigenvalue weighted by atomic mass is 14.9. The molecule has 106 valence electrons. The van der Waals surface area contributed by atoms with Crippen molar-refractivity contribution in [1.82, 2.24) is 5.32 Å². The van der Waals surface area contributed by atoms with Gasteiger partial charge in [-0.25, -0.2) is 0 Å². The molecule has 0 saturated heterocycles. The van der Waals surface area contributed by atoms with Gasteiger partial charge in [-0.3, -0.25) is 0 Å². The molecule has 0 aromatic carbocycles. The third-order valence-corrected chi connectivity index (χ3v) is 5.37. The van der Waals surface area contributed by atoms with E-state index in [9.17, 15) is 0 Å². The molecule has 3 atom stereocenters. The lowest BCUT2D eigenvalue weighted by Gasteiger charge is -2.38. The van der Waals surface area contributed by atoms with Crippen LogP contribution >= 0.6 is 0 Å². The van der Waals surface area contributed by atoms with Gasteiger partial charge in [-0.15, -0.1) is 0 Å². The summed E-state index contributed by atoms with van der Waals surface area (Å²) in [6.07, 6.45) is 14.9. The summed E-state index contributed by atoms with van der Waals surface area (Å²) in [6, 6.07) is 0.837. The summed E-state index contributed by atoms with van der Waals surface area (Å²) < 4.78 is 0. The molecule has 2 rings (SSSR count). The average molecular weight is 251 g/mol. The minimum absolute atomic E-state index is 0.837. The van der Waals surface area contributed by atoms with Crippen molar-refractivity contribution in [3.63, 3.8) is 0 Å². The average Bonchev–Trinajstić information content (AvgIpc) is 2.86. The van der Waals surface area contributed by atoms with E-state index in [1.807, 2.05) is 0 Å². The maximum atomic E-state index is 3.77. The summed E-state index contributed by atoms with van der Waals surface area (Å²) in [5, 5.41) is 3.77. The van der Waals surface area contributed by atoms with Crippen LogP contribution in [0.3, 0.4) is 0 Å². The quantitative estimate of drug-likeness (QED) is 0.717. The molecule has 2 fully saturated rings. The van der Waals surface area contributed by atoms with Crippen LogP contribution in [0.25, 0.3) is 0 Å². The predicted molar refractivity (Wildman–Crippen MR) is 79.8 cm³/mol. The van der Waals surface area contributed by atoms with Crippen molar-refractivity contribution in [3.05, 3.63) is 0 Å². The molecule has 0 spiro atoms. The molecular formula is C17H33N. The van der Waals surface area contributed by atoms with E-state index in [0.29, 0.717) is 0 Å². The molecule has 2 saturated carbocycles. The van der Waals surface area contributed by atoms with Gasteiger partial charge in [0.15, 0.2) is 0 Å². The van der Waals surface area contributed by atoms with Crippen molar-refractivity contribution < 1.29 is 0 Å². The highest BCUT2D eigenvalue weighted by Gasteiger charge is 2.31. The lowest BCUT2D eigenvalue weighted by molar-refractivity contribution is 0.168. The standard InChI is InChI=1S/C17H33N/c1-3-7-14-10-11-17(18-4-2)16(12-14)13-15-8-5-6-9-15/h14-18H,3-13H2,1-2H3. The van der Waals surface area contributed by atoms with E-state index in [-0.39, 0.29) is 0 Å². The number of hydrogen-bond donors (Lipinski definition) is 1. The summed E-state index contributed by atoms with van der Waals surface area (Å²) in [6.45, 7) is 5.78. The minimum atomic E-state index is 0.837. The van der Waals surface area contributed by atoms with Gasteiger partial charge in [0, 0.05) is 6.04 Å². The van der Waals surface area contributed by atoms with Crippen molar-refractivity contribution in [1.29, 1.82) is 0 Å². The normalized spacial score (nSPS) is 34.0. The summed E-state index contributed by atoms with van der Waals surface area (Å²) in [4.78, 5) is 0. The van der Waals surface area contributed by atoms with Gasteiger partial charge >= 0.3 is 0 Å². The molecule has 0 radical (unpaired) electrons. The van der Waals surface area contributed by atoms with Crippen LogP contribution < -0.4 is 5.32 Å². The van der Waals surface area contributed by atoms with E-state index in [0.717, 1.165) is 30.3 Å². The lowest BCUT2D eigenvalue weighted by atomic mass is 9.73. The van der Waals surface area contributed by atoms with Crippen molar-refractivity contribution in [2.45, 2.75) is 84.1 Å². The zero-order chi connectivity index (χ0) is 12.8. The van der Waals surface area contributed by atoms with E-state index in [2.05, 4.69) is 19.2 Å². The molecule has 0 bridgehead atoms.